The van der Waals surface area contributed by atoms with Crippen LogP contribution in [0.1, 0.15) is 56.2 Å². The summed E-state index contributed by atoms with van der Waals surface area (Å²) in [5.41, 5.74) is 7.92. The van der Waals surface area contributed by atoms with Gasteiger partial charge in [0.25, 0.3) is 5.91 Å². The average molecular weight is 292 g/mol. The molecule has 5 nitrogen and oxygen atoms in total. The van der Waals surface area contributed by atoms with E-state index in [1.165, 1.54) is 6.42 Å². The van der Waals surface area contributed by atoms with Crippen molar-refractivity contribution in [2.75, 3.05) is 18.8 Å². The van der Waals surface area contributed by atoms with Crippen LogP contribution in [0, 0.1) is 18.8 Å². The summed E-state index contributed by atoms with van der Waals surface area (Å²) in [7, 11) is 0. The molecule has 0 spiro atoms. The van der Waals surface area contributed by atoms with E-state index in [1.54, 1.807) is 4.68 Å². The first-order valence-electron chi connectivity index (χ1n) is 8.07. The van der Waals surface area contributed by atoms with Gasteiger partial charge in [0.05, 0.1) is 11.4 Å². The number of anilines is 1. The number of carbonyl (C=O) groups excluding carboxylic acids is 1. The molecule has 1 fully saturated rings. The van der Waals surface area contributed by atoms with Gasteiger partial charge in [0.1, 0.15) is 5.69 Å². The summed E-state index contributed by atoms with van der Waals surface area (Å²) < 4.78 is 1.73. The number of carbonyl (C=O) groups is 1. The van der Waals surface area contributed by atoms with E-state index in [4.69, 9.17) is 5.73 Å². The Balaban J connectivity index is 2.17. The second kappa shape index (κ2) is 6.50. The van der Waals surface area contributed by atoms with Crippen LogP contribution >= 0.6 is 0 Å². The van der Waals surface area contributed by atoms with Gasteiger partial charge in [-0.15, -0.1) is 0 Å². The lowest BCUT2D eigenvalue weighted by Crippen LogP contribution is -2.34. The highest BCUT2D eigenvalue weighted by atomic mass is 16.2. The highest BCUT2D eigenvalue weighted by Gasteiger charge is 2.27. The van der Waals surface area contributed by atoms with Gasteiger partial charge in [0, 0.05) is 19.6 Å². The molecule has 0 aromatic carbocycles. The molecule has 1 atom stereocenters. The first-order valence-corrected chi connectivity index (χ1v) is 8.07. The lowest BCUT2D eigenvalue weighted by Gasteiger charge is -2.22. The Labute approximate surface area is 127 Å². The van der Waals surface area contributed by atoms with Crippen LogP contribution < -0.4 is 5.73 Å². The van der Waals surface area contributed by atoms with E-state index >= 15 is 0 Å². The van der Waals surface area contributed by atoms with Gasteiger partial charge in [-0.3, -0.25) is 9.48 Å². The molecule has 0 bridgehead atoms. The van der Waals surface area contributed by atoms with Gasteiger partial charge in [-0.05, 0) is 44.9 Å². The van der Waals surface area contributed by atoms with Crippen molar-refractivity contribution in [1.29, 1.82) is 0 Å². The normalized spacial score (nSPS) is 19.9. The van der Waals surface area contributed by atoms with E-state index in [2.05, 4.69) is 18.9 Å². The Morgan fingerprint density at radius 3 is 2.71 bits per heavy atom. The van der Waals surface area contributed by atoms with Gasteiger partial charge in [0.15, 0.2) is 0 Å². The van der Waals surface area contributed by atoms with Crippen LogP contribution in [0.25, 0.3) is 0 Å². The number of hydrogen-bond acceptors (Lipinski definition) is 3. The van der Waals surface area contributed by atoms with Crippen LogP contribution in [0.15, 0.2) is 0 Å². The van der Waals surface area contributed by atoms with E-state index in [0.29, 0.717) is 23.8 Å². The predicted octanol–water partition coefficient (Wildman–Crippen LogP) is 2.69. The van der Waals surface area contributed by atoms with Crippen LogP contribution in [0.2, 0.25) is 0 Å². The van der Waals surface area contributed by atoms with Gasteiger partial charge >= 0.3 is 0 Å². The van der Waals surface area contributed by atoms with Crippen LogP contribution in [0.4, 0.5) is 5.69 Å². The van der Waals surface area contributed by atoms with Crippen LogP contribution in [0.3, 0.4) is 0 Å². The third kappa shape index (κ3) is 3.22. The molecule has 5 heteroatoms. The second-order valence-electron chi connectivity index (χ2n) is 6.39. The summed E-state index contributed by atoms with van der Waals surface area (Å²) >= 11 is 0. The molecule has 1 aliphatic rings. The summed E-state index contributed by atoms with van der Waals surface area (Å²) in [5.74, 6) is 1.45. The lowest BCUT2D eigenvalue weighted by molar-refractivity contribution is 0.0747. The van der Waals surface area contributed by atoms with Crippen LogP contribution in [-0.2, 0) is 6.54 Å². The fraction of sp³-hybridized carbons (Fsp3) is 0.750. The predicted molar refractivity (Wildman–Crippen MR) is 85.1 cm³/mol. The molecule has 1 unspecified atom stereocenters. The smallest absolute Gasteiger partial charge is 0.274 e. The zero-order valence-corrected chi connectivity index (χ0v) is 13.7. The molecule has 1 aliphatic heterocycles. The number of aromatic nitrogens is 2. The topological polar surface area (TPSA) is 64.2 Å². The number of nitrogens with zero attached hydrogens (tertiary/aromatic N) is 3. The summed E-state index contributed by atoms with van der Waals surface area (Å²) in [6, 6.07) is 0. The number of likely N-dealkylation sites (tertiary alicyclic amines) is 1. The number of hydrogen-bond donors (Lipinski definition) is 1. The summed E-state index contributed by atoms with van der Waals surface area (Å²) in [5, 5.41) is 4.36. The van der Waals surface area contributed by atoms with E-state index in [1.807, 2.05) is 18.7 Å². The van der Waals surface area contributed by atoms with Crippen molar-refractivity contribution >= 4 is 11.6 Å². The van der Waals surface area contributed by atoms with Crippen molar-refractivity contribution in [2.45, 2.75) is 53.5 Å². The standard InChI is InChI=1S/C16H28N4O/c1-5-20-15(14(17)12(4)18-20)16(21)19-9-6-7-13(8-10-19)11(2)3/h11,13H,5-10,17H2,1-4H3. The Bertz CT molecular complexity index is 507. The van der Waals surface area contributed by atoms with Crippen molar-refractivity contribution in [1.82, 2.24) is 14.7 Å². The van der Waals surface area contributed by atoms with E-state index in [-0.39, 0.29) is 5.91 Å². The Morgan fingerprint density at radius 2 is 2.10 bits per heavy atom. The van der Waals surface area contributed by atoms with Crippen LogP contribution in [-0.4, -0.2) is 33.7 Å². The van der Waals surface area contributed by atoms with E-state index in [9.17, 15) is 4.79 Å². The van der Waals surface area contributed by atoms with Gasteiger partial charge < -0.3 is 10.6 Å². The number of amides is 1. The molecular formula is C16H28N4O. The molecule has 1 saturated heterocycles. The Kier molecular flexibility index (Phi) is 4.91. The molecule has 2 heterocycles. The lowest BCUT2D eigenvalue weighted by atomic mass is 9.89. The fourth-order valence-corrected chi connectivity index (χ4v) is 3.19. The van der Waals surface area contributed by atoms with Gasteiger partial charge in [-0.25, -0.2) is 0 Å². The van der Waals surface area contributed by atoms with Gasteiger partial charge in [0.2, 0.25) is 0 Å². The molecule has 1 aromatic rings. The van der Waals surface area contributed by atoms with E-state index < -0.39 is 0 Å². The Hall–Kier alpha value is -1.52. The molecule has 2 rings (SSSR count). The molecular weight excluding hydrogens is 264 g/mol. The quantitative estimate of drug-likeness (QED) is 0.931. The van der Waals surface area contributed by atoms with Crippen molar-refractivity contribution in [3.8, 4) is 0 Å². The Morgan fingerprint density at radius 1 is 1.38 bits per heavy atom. The first-order chi connectivity index (χ1) is 9.95. The molecule has 21 heavy (non-hydrogen) atoms. The van der Waals surface area contributed by atoms with Gasteiger partial charge in [-0.1, -0.05) is 13.8 Å². The summed E-state index contributed by atoms with van der Waals surface area (Å²) in [4.78, 5) is 14.8. The van der Waals surface area contributed by atoms with Crippen molar-refractivity contribution in [3.05, 3.63) is 11.4 Å². The molecule has 1 aromatic heterocycles. The SMILES string of the molecule is CCn1nc(C)c(N)c1C(=O)N1CCCC(C(C)C)CC1. The molecule has 0 radical (unpaired) electrons. The van der Waals surface area contributed by atoms with Gasteiger partial charge in [-0.2, -0.15) is 5.10 Å². The fourth-order valence-electron chi connectivity index (χ4n) is 3.19. The number of rotatable bonds is 3. The maximum Gasteiger partial charge on any atom is 0.274 e. The summed E-state index contributed by atoms with van der Waals surface area (Å²) in [6.45, 7) is 10.7. The van der Waals surface area contributed by atoms with Crippen molar-refractivity contribution in [2.24, 2.45) is 11.8 Å². The third-order valence-corrected chi connectivity index (χ3v) is 4.68. The minimum absolute atomic E-state index is 0.0411. The van der Waals surface area contributed by atoms with Crippen LogP contribution in [0.5, 0.6) is 0 Å². The number of nitrogen functional groups attached to an aromatic ring is 1. The number of aryl methyl sites for hydroxylation is 2. The second-order valence-corrected chi connectivity index (χ2v) is 6.39. The molecule has 1 amide bonds. The largest absolute Gasteiger partial charge is 0.395 e. The third-order valence-electron chi connectivity index (χ3n) is 4.68. The van der Waals surface area contributed by atoms with E-state index in [0.717, 1.165) is 37.5 Å². The van der Waals surface area contributed by atoms with Crippen molar-refractivity contribution in [3.63, 3.8) is 0 Å². The number of nitrogens with two attached hydrogens (primary N) is 1. The maximum absolute atomic E-state index is 12.8. The van der Waals surface area contributed by atoms with Crippen molar-refractivity contribution < 1.29 is 4.79 Å². The monoisotopic (exact) mass is 292 g/mol. The zero-order chi connectivity index (χ0) is 15.6. The molecule has 0 aliphatic carbocycles. The molecule has 0 saturated carbocycles. The zero-order valence-electron chi connectivity index (χ0n) is 13.7. The first kappa shape index (κ1) is 15.9. The minimum Gasteiger partial charge on any atom is -0.395 e. The summed E-state index contributed by atoms with van der Waals surface area (Å²) in [6.07, 6.45) is 3.37. The highest BCUT2D eigenvalue weighted by Crippen LogP contribution is 2.26. The average Bonchev–Trinajstić information content (AvgIpc) is 2.65. The maximum atomic E-state index is 12.8. The minimum atomic E-state index is 0.0411. The molecule has 2 N–H and O–H groups in total. The molecule has 118 valence electrons. The highest BCUT2D eigenvalue weighted by molar-refractivity contribution is 5.98.